The van der Waals surface area contributed by atoms with Crippen LogP contribution < -0.4 is 26.6 Å². The summed E-state index contributed by atoms with van der Waals surface area (Å²) >= 11 is 0. The van der Waals surface area contributed by atoms with E-state index in [4.69, 9.17) is 4.42 Å². The van der Waals surface area contributed by atoms with E-state index in [0.29, 0.717) is 42.8 Å². The summed E-state index contributed by atoms with van der Waals surface area (Å²) in [5.41, 5.74) is 2.68. The Morgan fingerprint density at radius 2 is 1.62 bits per heavy atom. The highest BCUT2D eigenvalue weighted by atomic mass is 16.4. The summed E-state index contributed by atoms with van der Waals surface area (Å²) in [6.45, 7) is 1.48. The topological polar surface area (TPSA) is 253 Å². The summed E-state index contributed by atoms with van der Waals surface area (Å²) in [7, 11) is 1.78. The van der Waals surface area contributed by atoms with Gasteiger partial charge in [-0.05, 0) is 86.1 Å². The molecule has 8 N–H and O–H groups in total. The van der Waals surface area contributed by atoms with Crippen LogP contribution in [0.2, 0.25) is 0 Å². The number of oxazole rings is 1. The van der Waals surface area contributed by atoms with Crippen LogP contribution in [0, 0.1) is 5.92 Å². The van der Waals surface area contributed by atoms with E-state index in [1.165, 1.54) is 66.0 Å². The molecule has 0 aliphatic carbocycles. The van der Waals surface area contributed by atoms with Crippen molar-refractivity contribution in [3.63, 3.8) is 0 Å². The predicted octanol–water partition coefficient (Wildman–Crippen LogP) is 4.27. The van der Waals surface area contributed by atoms with Gasteiger partial charge in [-0.1, -0.05) is 75.1 Å². The monoisotopic (exact) mass is 909 g/mol. The Morgan fingerprint density at radius 3 is 2.33 bits per heavy atom. The Hall–Kier alpha value is -6.59. The number of carboxylic acids is 1. The maximum absolute atomic E-state index is 14.2. The molecule has 1 aromatic heterocycles. The van der Waals surface area contributed by atoms with Crippen LogP contribution in [-0.2, 0) is 48.0 Å². The SMILES string of the molecule is CNCCC(C)CN(C(=O)CNC(=O)CCNC(C=O)c1coc(CCCCCCCCc2ccccc2)n1)C1C(=O)NCC(=O)NC(C(=O)O)Cc2ccc(O)c(c2)-c2cc1ccc2O. The largest absolute Gasteiger partial charge is 0.507 e. The lowest BCUT2D eigenvalue weighted by Gasteiger charge is -2.34. The number of aromatic hydroxyl groups is 2. The second kappa shape index (κ2) is 25.8. The van der Waals surface area contributed by atoms with Gasteiger partial charge in [-0.15, -0.1) is 0 Å². The fourth-order valence-electron chi connectivity index (χ4n) is 7.92. The number of unbranched alkanes of at least 4 members (excludes halogenated alkanes) is 5. The molecule has 0 saturated heterocycles. The van der Waals surface area contributed by atoms with Crippen molar-refractivity contribution in [3.05, 3.63) is 101 Å². The van der Waals surface area contributed by atoms with Crippen molar-refractivity contribution < 1.29 is 48.5 Å². The number of aliphatic carboxylic acids is 1. The van der Waals surface area contributed by atoms with Gasteiger partial charge in [-0.3, -0.25) is 19.2 Å². The summed E-state index contributed by atoms with van der Waals surface area (Å²) in [4.78, 5) is 84.5. The molecule has 1 aliphatic heterocycles. The van der Waals surface area contributed by atoms with E-state index in [-0.39, 0.29) is 60.0 Å². The van der Waals surface area contributed by atoms with E-state index in [1.54, 1.807) is 7.05 Å². The average molecular weight is 910 g/mol. The Kier molecular flexibility index (Phi) is 19.7. The van der Waals surface area contributed by atoms with Gasteiger partial charge in [0.05, 0.1) is 13.1 Å². The molecule has 4 atom stereocenters. The maximum atomic E-state index is 14.2. The summed E-state index contributed by atoms with van der Waals surface area (Å²) in [6, 6.07) is 15.4. The third-order valence-electron chi connectivity index (χ3n) is 11.6. The maximum Gasteiger partial charge on any atom is 0.326 e. The number of nitrogens with one attached hydrogen (secondary N) is 5. The first kappa shape index (κ1) is 50.4. The van der Waals surface area contributed by atoms with Gasteiger partial charge >= 0.3 is 5.97 Å². The highest BCUT2D eigenvalue weighted by Gasteiger charge is 2.34. The number of hydrogen-bond donors (Lipinski definition) is 8. The first-order chi connectivity index (χ1) is 31.9. The van der Waals surface area contributed by atoms with Crippen LogP contribution in [0.1, 0.15) is 98.6 Å². The number of aryl methyl sites for hydroxylation is 2. The van der Waals surface area contributed by atoms with Crippen molar-refractivity contribution in [3.8, 4) is 22.6 Å². The third kappa shape index (κ3) is 15.3. The standard InChI is InChI=1S/C49H63N7O10/c1-32(20-22-50-2)29-56(47-35-17-19-42(59)37(26-35)36-24-34(16-18-41(36)58)25-38(49(64)65)54-44(61)27-53-48(47)63)46(62)28-52-43(60)21-23-51-39(30-57)40-31-66-45(55-40)15-11-6-4-3-5-8-12-33-13-9-7-10-14-33/h7,9-10,13-14,16-19,24,26,30-32,38-39,47,50-51,58-59H,3-6,8,11-12,15,20-23,25,27-29H2,1-2H3,(H,52,60)(H,53,63)(H,54,61)(H,64,65). The van der Waals surface area contributed by atoms with Crippen molar-refractivity contribution in [2.24, 2.45) is 5.92 Å². The van der Waals surface area contributed by atoms with Gasteiger partial charge in [0.15, 0.2) is 5.89 Å². The summed E-state index contributed by atoms with van der Waals surface area (Å²) < 4.78 is 5.64. The number of rotatable bonds is 24. The van der Waals surface area contributed by atoms with E-state index in [1.807, 2.05) is 13.0 Å². The Balaban J connectivity index is 1.21. The van der Waals surface area contributed by atoms with Crippen LogP contribution in [0.3, 0.4) is 0 Å². The molecule has 354 valence electrons. The molecule has 2 heterocycles. The molecule has 5 rings (SSSR count). The minimum Gasteiger partial charge on any atom is -0.507 e. The highest BCUT2D eigenvalue weighted by molar-refractivity contribution is 5.94. The lowest BCUT2D eigenvalue weighted by Crippen LogP contribution is -2.51. The van der Waals surface area contributed by atoms with Crippen LogP contribution in [0.5, 0.6) is 11.5 Å². The molecule has 17 heteroatoms. The zero-order valence-electron chi connectivity index (χ0n) is 37.7. The molecule has 17 nitrogen and oxygen atoms in total. The molecule has 0 radical (unpaired) electrons. The minimum atomic E-state index is -1.40. The highest BCUT2D eigenvalue weighted by Crippen LogP contribution is 2.39. The second-order valence-corrected chi connectivity index (χ2v) is 16.8. The van der Waals surface area contributed by atoms with E-state index in [0.717, 1.165) is 32.1 Å². The molecule has 0 fully saturated rings. The van der Waals surface area contributed by atoms with Gasteiger partial charge in [0.1, 0.15) is 47.9 Å². The molecule has 3 aromatic carbocycles. The first-order valence-corrected chi connectivity index (χ1v) is 22.7. The molecule has 4 unspecified atom stereocenters. The van der Waals surface area contributed by atoms with Crippen LogP contribution in [0.4, 0.5) is 0 Å². The van der Waals surface area contributed by atoms with Gasteiger partial charge in [0.2, 0.25) is 23.6 Å². The molecule has 1 aliphatic rings. The fraction of sp³-hybridized carbons (Fsp3) is 0.449. The van der Waals surface area contributed by atoms with E-state index in [2.05, 4.69) is 55.8 Å². The van der Waals surface area contributed by atoms with Crippen LogP contribution in [0.15, 0.2) is 77.4 Å². The molecule has 66 heavy (non-hydrogen) atoms. The Morgan fingerprint density at radius 1 is 0.924 bits per heavy atom. The molecule has 4 bridgehead atoms. The van der Waals surface area contributed by atoms with Crippen molar-refractivity contribution >= 4 is 35.9 Å². The van der Waals surface area contributed by atoms with Crippen LogP contribution in [-0.4, -0.2) is 107 Å². The fourth-order valence-corrected chi connectivity index (χ4v) is 7.92. The van der Waals surface area contributed by atoms with Crippen LogP contribution in [0.25, 0.3) is 11.1 Å². The number of carbonyl (C=O) groups is 6. The van der Waals surface area contributed by atoms with Crippen molar-refractivity contribution in [2.75, 3.05) is 39.8 Å². The number of aldehydes is 1. The normalized spacial score (nSPS) is 16.0. The number of phenolic OH excluding ortho intramolecular Hbond substituents is 2. The zero-order valence-corrected chi connectivity index (χ0v) is 37.7. The number of benzene rings is 3. The van der Waals surface area contributed by atoms with Gasteiger partial charge in [0.25, 0.3) is 0 Å². The second-order valence-electron chi connectivity index (χ2n) is 16.8. The number of aromatic nitrogens is 1. The molecule has 0 spiro atoms. The quantitative estimate of drug-likeness (QED) is 0.0362. The number of fused-ring (bicyclic) bond motifs is 5. The number of phenols is 2. The van der Waals surface area contributed by atoms with Gasteiger partial charge in [-0.2, -0.15) is 0 Å². The summed E-state index contributed by atoms with van der Waals surface area (Å²) in [6.07, 6.45) is 10.8. The van der Waals surface area contributed by atoms with Crippen molar-refractivity contribution in [1.82, 2.24) is 36.5 Å². The lowest BCUT2D eigenvalue weighted by atomic mass is 9.93. The minimum absolute atomic E-state index is 0.0378. The van der Waals surface area contributed by atoms with Crippen LogP contribution >= 0.6 is 0 Å². The predicted molar refractivity (Wildman–Crippen MR) is 246 cm³/mol. The number of amides is 4. The molecule has 0 saturated carbocycles. The Bertz CT molecular complexity index is 2250. The number of carbonyl (C=O) groups excluding carboxylic acids is 5. The van der Waals surface area contributed by atoms with Gasteiger partial charge in [-0.25, -0.2) is 9.78 Å². The van der Waals surface area contributed by atoms with E-state index in [9.17, 15) is 44.1 Å². The number of hydrogen-bond acceptors (Lipinski definition) is 12. The van der Waals surface area contributed by atoms with E-state index < -0.39 is 60.8 Å². The van der Waals surface area contributed by atoms with Crippen molar-refractivity contribution in [2.45, 2.75) is 95.7 Å². The van der Waals surface area contributed by atoms with Crippen molar-refractivity contribution in [1.29, 1.82) is 0 Å². The lowest BCUT2D eigenvalue weighted by molar-refractivity contribution is -0.143. The van der Waals surface area contributed by atoms with Gasteiger partial charge < -0.3 is 56.0 Å². The molecular formula is C49H63N7O10. The Labute approximate surface area is 385 Å². The average Bonchev–Trinajstić information content (AvgIpc) is 3.78. The number of carboxylic acid groups (broad SMARTS) is 1. The molecule has 4 amide bonds. The molecule has 4 aromatic rings. The smallest absolute Gasteiger partial charge is 0.326 e. The summed E-state index contributed by atoms with van der Waals surface area (Å²) in [5.74, 6) is -4.16. The third-order valence-corrected chi connectivity index (χ3v) is 11.6. The zero-order chi connectivity index (χ0) is 47.4. The van der Waals surface area contributed by atoms with E-state index >= 15 is 0 Å². The summed E-state index contributed by atoms with van der Waals surface area (Å²) in [5, 5.41) is 45.5. The molecular weight excluding hydrogens is 847 g/mol. The first-order valence-electron chi connectivity index (χ1n) is 22.7. The van der Waals surface area contributed by atoms with Gasteiger partial charge in [0, 0.05) is 43.5 Å². The number of nitrogens with zero attached hydrogens (tertiary/aromatic N) is 2.